The number of halogens is 1. The zero-order chi connectivity index (χ0) is 16.9. The van der Waals surface area contributed by atoms with E-state index in [2.05, 4.69) is 15.7 Å². The van der Waals surface area contributed by atoms with Gasteiger partial charge in [0.25, 0.3) is 0 Å². The highest BCUT2D eigenvalue weighted by Gasteiger charge is 2.20. The van der Waals surface area contributed by atoms with Gasteiger partial charge >= 0.3 is 0 Å². The quantitative estimate of drug-likeness (QED) is 0.723. The molecule has 1 atom stereocenters. The van der Waals surface area contributed by atoms with Crippen LogP contribution < -0.4 is 5.32 Å². The smallest absolute Gasteiger partial charge is 0.221 e. The van der Waals surface area contributed by atoms with Gasteiger partial charge in [0.2, 0.25) is 5.91 Å². The van der Waals surface area contributed by atoms with E-state index in [1.807, 2.05) is 53.5 Å². The number of aromatic nitrogens is 2. The van der Waals surface area contributed by atoms with Gasteiger partial charge in [-0.25, -0.2) is 4.98 Å². The number of hydrogen-bond acceptors (Lipinski definition) is 3. The molecule has 0 aliphatic rings. The van der Waals surface area contributed by atoms with Crippen LogP contribution in [0, 0.1) is 0 Å². The van der Waals surface area contributed by atoms with E-state index in [1.165, 1.54) is 5.56 Å². The van der Waals surface area contributed by atoms with Crippen LogP contribution in [0.2, 0.25) is 5.02 Å². The van der Waals surface area contributed by atoms with Crippen molar-refractivity contribution in [2.75, 3.05) is 0 Å². The van der Waals surface area contributed by atoms with Gasteiger partial charge < -0.3 is 9.88 Å². The fourth-order valence-corrected chi connectivity index (χ4v) is 3.36. The molecular weight excluding hydrogens is 342 g/mol. The van der Waals surface area contributed by atoms with E-state index in [1.54, 1.807) is 17.5 Å². The van der Waals surface area contributed by atoms with Gasteiger partial charge in [0.05, 0.1) is 0 Å². The van der Waals surface area contributed by atoms with Crippen LogP contribution in [0.3, 0.4) is 0 Å². The Bertz CT molecular complexity index is 796. The van der Waals surface area contributed by atoms with Crippen LogP contribution in [-0.4, -0.2) is 15.5 Å². The second kappa shape index (κ2) is 7.64. The third kappa shape index (κ3) is 4.04. The summed E-state index contributed by atoms with van der Waals surface area (Å²) >= 11 is 7.62. The van der Waals surface area contributed by atoms with Crippen LogP contribution in [0.4, 0.5) is 0 Å². The van der Waals surface area contributed by atoms with E-state index in [-0.39, 0.29) is 11.9 Å². The number of nitrogens with zero attached hydrogens (tertiary/aromatic N) is 2. The van der Waals surface area contributed by atoms with Gasteiger partial charge in [-0.2, -0.15) is 11.3 Å². The molecule has 2 aromatic heterocycles. The summed E-state index contributed by atoms with van der Waals surface area (Å²) in [5.74, 6) is 0.797. The summed E-state index contributed by atoms with van der Waals surface area (Å²) in [5.41, 5.74) is 2.15. The number of nitrogens with one attached hydrogen (secondary N) is 1. The van der Waals surface area contributed by atoms with Crippen molar-refractivity contribution in [2.45, 2.75) is 18.9 Å². The van der Waals surface area contributed by atoms with Gasteiger partial charge in [-0.05, 0) is 46.5 Å². The van der Waals surface area contributed by atoms with Crippen molar-refractivity contribution < 1.29 is 4.79 Å². The van der Waals surface area contributed by atoms with Crippen LogP contribution in [0.15, 0.2) is 53.5 Å². The summed E-state index contributed by atoms with van der Waals surface area (Å²) in [7, 11) is 1.92. The first kappa shape index (κ1) is 16.7. The fraction of sp³-hybridized carbons (Fsp3) is 0.222. The number of carbonyl (C=O) groups is 1. The molecule has 3 aromatic rings. The highest BCUT2D eigenvalue weighted by Crippen LogP contribution is 2.22. The summed E-state index contributed by atoms with van der Waals surface area (Å²) < 4.78 is 1.92. The standard InChI is InChI=1S/C18H18ClN3OS/c1-22-10-9-20-18(22)17(14-3-5-15(19)6-4-14)21-16(23)7-2-13-8-11-24-12-13/h3-6,8-12,17H,2,7H2,1H3,(H,21,23)/t17-/m0/s1. The third-order valence-electron chi connectivity index (χ3n) is 3.85. The van der Waals surface area contributed by atoms with E-state index in [0.29, 0.717) is 11.4 Å². The maximum absolute atomic E-state index is 12.4. The molecule has 0 fully saturated rings. The van der Waals surface area contributed by atoms with E-state index in [0.717, 1.165) is 17.8 Å². The molecule has 0 saturated heterocycles. The maximum atomic E-state index is 12.4. The van der Waals surface area contributed by atoms with Crippen molar-refractivity contribution in [1.29, 1.82) is 0 Å². The first-order valence-electron chi connectivity index (χ1n) is 7.66. The lowest BCUT2D eigenvalue weighted by Gasteiger charge is -2.19. The Kier molecular flexibility index (Phi) is 5.33. The SMILES string of the molecule is Cn1ccnc1[C@@H](NC(=O)CCc1ccsc1)c1ccc(Cl)cc1. The third-order valence-corrected chi connectivity index (χ3v) is 4.83. The number of amides is 1. The van der Waals surface area contributed by atoms with E-state index in [9.17, 15) is 4.79 Å². The summed E-state index contributed by atoms with van der Waals surface area (Å²) in [5, 5.41) is 7.86. The van der Waals surface area contributed by atoms with Crippen molar-refractivity contribution in [3.63, 3.8) is 0 Å². The number of rotatable bonds is 6. The molecular formula is C18H18ClN3OS. The number of carbonyl (C=O) groups excluding carboxylic acids is 1. The molecule has 3 rings (SSSR count). The highest BCUT2D eigenvalue weighted by atomic mass is 35.5. The van der Waals surface area contributed by atoms with E-state index >= 15 is 0 Å². The average Bonchev–Trinajstić information content (AvgIpc) is 3.23. The zero-order valence-electron chi connectivity index (χ0n) is 13.3. The number of thiophene rings is 1. The Labute approximate surface area is 150 Å². The van der Waals surface area contributed by atoms with Crippen LogP contribution in [0.1, 0.15) is 29.4 Å². The molecule has 0 saturated carbocycles. The van der Waals surface area contributed by atoms with Crippen molar-refractivity contribution >= 4 is 28.8 Å². The molecule has 0 aliphatic carbocycles. The Morgan fingerprint density at radius 1 is 1.33 bits per heavy atom. The number of hydrogen-bond donors (Lipinski definition) is 1. The molecule has 1 aromatic carbocycles. The summed E-state index contributed by atoms with van der Waals surface area (Å²) in [6.07, 6.45) is 4.79. The minimum Gasteiger partial charge on any atom is -0.342 e. The molecule has 2 heterocycles. The normalized spacial score (nSPS) is 12.1. The summed E-state index contributed by atoms with van der Waals surface area (Å²) in [4.78, 5) is 16.8. The predicted octanol–water partition coefficient (Wildman–Crippen LogP) is 3.97. The first-order chi connectivity index (χ1) is 11.6. The highest BCUT2D eigenvalue weighted by molar-refractivity contribution is 7.07. The molecule has 0 bridgehead atoms. The minimum atomic E-state index is -0.294. The summed E-state index contributed by atoms with van der Waals surface area (Å²) in [6.45, 7) is 0. The van der Waals surface area contributed by atoms with Gasteiger partial charge in [0.1, 0.15) is 11.9 Å². The molecule has 0 aliphatic heterocycles. The Morgan fingerprint density at radius 3 is 2.75 bits per heavy atom. The molecule has 6 heteroatoms. The first-order valence-corrected chi connectivity index (χ1v) is 8.98. The molecule has 0 unspecified atom stereocenters. The topological polar surface area (TPSA) is 46.9 Å². The number of aryl methyl sites for hydroxylation is 2. The second-order valence-electron chi connectivity index (χ2n) is 5.58. The van der Waals surface area contributed by atoms with Crippen molar-refractivity contribution in [1.82, 2.24) is 14.9 Å². The Hall–Kier alpha value is -2.11. The average molecular weight is 360 g/mol. The Balaban J connectivity index is 1.76. The van der Waals surface area contributed by atoms with Gasteiger partial charge in [0.15, 0.2) is 0 Å². The molecule has 0 radical (unpaired) electrons. The lowest BCUT2D eigenvalue weighted by molar-refractivity contribution is -0.121. The maximum Gasteiger partial charge on any atom is 0.221 e. The van der Waals surface area contributed by atoms with Gasteiger partial charge in [-0.3, -0.25) is 4.79 Å². The van der Waals surface area contributed by atoms with Gasteiger partial charge in [-0.1, -0.05) is 23.7 Å². The van der Waals surface area contributed by atoms with E-state index < -0.39 is 0 Å². The molecule has 1 N–H and O–H groups in total. The molecule has 124 valence electrons. The monoisotopic (exact) mass is 359 g/mol. The van der Waals surface area contributed by atoms with Crippen LogP contribution >= 0.6 is 22.9 Å². The molecule has 24 heavy (non-hydrogen) atoms. The van der Waals surface area contributed by atoms with Crippen molar-refractivity contribution in [3.8, 4) is 0 Å². The largest absolute Gasteiger partial charge is 0.342 e. The number of imidazole rings is 1. The van der Waals surface area contributed by atoms with E-state index in [4.69, 9.17) is 11.6 Å². The molecule has 1 amide bonds. The molecule has 4 nitrogen and oxygen atoms in total. The number of benzene rings is 1. The lowest BCUT2D eigenvalue weighted by atomic mass is 10.1. The van der Waals surface area contributed by atoms with Crippen LogP contribution in [0.25, 0.3) is 0 Å². The van der Waals surface area contributed by atoms with Crippen molar-refractivity contribution in [2.24, 2.45) is 7.05 Å². The minimum absolute atomic E-state index is 0.00384. The van der Waals surface area contributed by atoms with Crippen LogP contribution in [-0.2, 0) is 18.3 Å². The van der Waals surface area contributed by atoms with Crippen molar-refractivity contribution in [3.05, 3.63) is 75.5 Å². The second-order valence-corrected chi connectivity index (χ2v) is 6.80. The van der Waals surface area contributed by atoms with Gasteiger partial charge in [0, 0.05) is 30.9 Å². The predicted molar refractivity (Wildman–Crippen MR) is 97.3 cm³/mol. The Morgan fingerprint density at radius 2 is 2.12 bits per heavy atom. The summed E-state index contributed by atoms with van der Waals surface area (Å²) in [6, 6.07) is 9.24. The zero-order valence-corrected chi connectivity index (χ0v) is 14.8. The fourth-order valence-electron chi connectivity index (χ4n) is 2.53. The molecule has 0 spiro atoms. The van der Waals surface area contributed by atoms with Gasteiger partial charge in [-0.15, -0.1) is 0 Å². The lowest BCUT2D eigenvalue weighted by Crippen LogP contribution is -2.31. The van der Waals surface area contributed by atoms with Crippen LogP contribution in [0.5, 0.6) is 0 Å².